The number of nitrogens with zero attached hydrogens (tertiary/aromatic N) is 4. The first-order chi connectivity index (χ1) is 12.9. The van der Waals surface area contributed by atoms with Gasteiger partial charge in [0.2, 0.25) is 15.9 Å². The Morgan fingerprint density at radius 3 is 2.74 bits per heavy atom. The summed E-state index contributed by atoms with van der Waals surface area (Å²) in [6.07, 6.45) is 3.30. The Hall–Kier alpha value is -3.11. The summed E-state index contributed by atoms with van der Waals surface area (Å²) in [7, 11) is -2.58. The van der Waals surface area contributed by atoms with E-state index in [0.717, 1.165) is 28.4 Å². The van der Waals surface area contributed by atoms with Gasteiger partial charge in [0.1, 0.15) is 10.7 Å². The monoisotopic (exact) mass is 387 g/mol. The molecule has 0 unspecified atom stereocenters. The Balaban J connectivity index is 1.81. The molecule has 4 aromatic rings. The van der Waals surface area contributed by atoms with E-state index in [1.165, 1.54) is 13.2 Å². The highest BCUT2D eigenvalue weighted by atomic mass is 32.2. The molecular formula is C17H14FN5O3S. The Kier molecular flexibility index (Phi) is 4.01. The van der Waals surface area contributed by atoms with Crippen LogP contribution in [-0.4, -0.2) is 35.3 Å². The molecule has 0 bridgehead atoms. The number of primary sulfonamides is 1. The number of hydrogen-bond donors (Lipinski definition) is 1. The zero-order chi connectivity index (χ0) is 19.2. The van der Waals surface area contributed by atoms with Crippen LogP contribution >= 0.6 is 0 Å². The van der Waals surface area contributed by atoms with E-state index < -0.39 is 20.7 Å². The predicted octanol–water partition coefficient (Wildman–Crippen LogP) is 1.82. The van der Waals surface area contributed by atoms with Gasteiger partial charge in [-0.15, -0.1) is 0 Å². The van der Waals surface area contributed by atoms with Crippen molar-refractivity contribution < 1.29 is 17.5 Å². The van der Waals surface area contributed by atoms with E-state index in [4.69, 9.17) is 9.88 Å². The minimum absolute atomic E-state index is 0.233. The second-order valence-corrected chi connectivity index (χ2v) is 7.43. The molecule has 3 heterocycles. The maximum absolute atomic E-state index is 14.1. The average Bonchev–Trinajstić information content (AvgIpc) is 3.03. The lowest BCUT2D eigenvalue weighted by atomic mass is 10.2. The van der Waals surface area contributed by atoms with Crippen molar-refractivity contribution in [2.24, 2.45) is 5.14 Å². The van der Waals surface area contributed by atoms with Crippen molar-refractivity contribution in [2.45, 2.75) is 11.4 Å². The van der Waals surface area contributed by atoms with Gasteiger partial charge in [-0.05, 0) is 23.8 Å². The van der Waals surface area contributed by atoms with Gasteiger partial charge in [-0.2, -0.15) is 10.1 Å². The summed E-state index contributed by atoms with van der Waals surface area (Å²) in [5.41, 5.74) is 1.82. The van der Waals surface area contributed by atoms with Crippen LogP contribution in [0.1, 0.15) is 5.56 Å². The lowest BCUT2D eigenvalue weighted by Crippen LogP contribution is -2.14. The van der Waals surface area contributed by atoms with Crippen LogP contribution in [0.3, 0.4) is 0 Å². The van der Waals surface area contributed by atoms with Crippen LogP contribution in [0.25, 0.3) is 21.9 Å². The quantitative estimate of drug-likeness (QED) is 0.571. The van der Waals surface area contributed by atoms with Gasteiger partial charge in [-0.1, -0.05) is 6.07 Å². The maximum Gasteiger partial charge on any atom is 0.240 e. The molecule has 0 radical (unpaired) electrons. The molecule has 2 N–H and O–H groups in total. The molecule has 0 aliphatic heterocycles. The number of sulfonamides is 1. The Bertz CT molecular complexity index is 1290. The van der Waals surface area contributed by atoms with Crippen molar-refractivity contribution in [3.05, 3.63) is 54.1 Å². The van der Waals surface area contributed by atoms with Crippen molar-refractivity contribution in [2.75, 3.05) is 7.11 Å². The summed E-state index contributed by atoms with van der Waals surface area (Å²) >= 11 is 0. The van der Waals surface area contributed by atoms with E-state index in [1.807, 2.05) is 6.07 Å². The Labute approximate surface area is 153 Å². The third-order valence-corrected chi connectivity index (χ3v) is 5.09. The summed E-state index contributed by atoms with van der Waals surface area (Å²) in [5.74, 6) is -0.453. The van der Waals surface area contributed by atoms with Gasteiger partial charge in [0.15, 0.2) is 5.65 Å². The molecule has 0 saturated heterocycles. The molecule has 0 saturated carbocycles. The number of fused-ring (bicyclic) bond motifs is 3. The molecule has 0 amide bonds. The second kappa shape index (κ2) is 6.25. The van der Waals surface area contributed by atoms with Gasteiger partial charge in [0, 0.05) is 23.0 Å². The van der Waals surface area contributed by atoms with E-state index in [9.17, 15) is 12.8 Å². The molecule has 0 aliphatic rings. The van der Waals surface area contributed by atoms with Gasteiger partial charge in [-0.25, -0.2) is 22.9 Å². The second-order valence-electron chi connectivity index (χ2n) is 5.90. The number of nitrogens with two attached hydrogens (primary N) is 1. The SMILES string of the molecule is COc1ccc2c(ncc3cnn(Cc4ccc(S(N)(=O)=O)c(F)c4)c32)n1. The number of benzene rings is 1. The van der Waals surface area contributed by atoms with Gasteiger partial charge >= 0.3 is 0 Å². The Morgan fingerprint density at radius 2 is 2.04 bits per heavy atom. The lowest BCUT2D eigenvalue weighted by Gasteiger charge is -2.08. The number of pyridine rings is 2. The highest BCUT2D eigenvalue weighted by Gasteiger charge is 2.16. The summed E-state index contributed by atoms with van der Waals surface area (Å²) in [5, 5.41) is 10.9. The van der Waals surface area contributed by atoms with Crippen molar-refractivity contribution in [3.63, 3.8) is 0 Å². The highest BCUT2D eigenvalue weighted by molar-refractivity contribution is 7.89. The van der Waals surface area contributed by atoms with E-state index in [-0.39, 0.29) is 6.54 Å². The van der Waals surface area contributed by atoms with Crippen LogP contribution in [0.4, 0.5) is 4.39 Å². The number of halogens is 1. The zero-order valence-corrected chi connectivity index (χ0v) is 14.9. The molecule has 3 aromatic heterocycles. The minimum Gasteiger partial charge on any atom is -0.481 e. The molecule has 138 valence electrons. The van der Waals surface area contributed by atoms with Crippen LogP contribution in [-0.2, 0) is 16.6 Å². The van der Waals surface area contributed by atoms with Crippen LogP contribution in [0.5, 0.6) is 5.88 Å². The normalized spacial score (nSPS) is 12.0. The van der Waals surface area contributed by atoms with Gasteiger partial charge in [0.25, 0.3) is 0 Å². The fourth-order valence-corrected chi connectivity index (χ4v) is 3.50. The zero-order valence-electron chi connectivity index (χ0n) is 14.1. The van der Waals surface area contributed by atoms with Crippen LogP contribution < -0.4 is 9.88 Å². The molecule has 0 atom stereocenters. The van der Waals surface area contributed by atoms with Crippen molar-refractivity contribution in [1.82, 2.24) is 19.7 Å². The molecule has 10 heteroatoms. The first-order valence-electron chi connectivity index (χ1n) is 7.83. The fraction of sp³-hybridized carbons (Fsp3) is 0.118. The molecule has 0 aliphatic carbocycles. The average molecular weight is 387 g/mol. The summed E-state index contributed by atoms with van der Waals surface area (Å²) < 4.78 is 43.6. The number of aromatic nitrogens is 4. The third-order valence-electron chi connectivity index (χ3n) is 4.14. The van der Waals surface area contributed by atoms with Crippen LogP contribution in [0.2, 0.25) is 0 Å². The topological polar surface area (TPSA) is 113 Å². The third kappa shape index (κ3) is 3.09. The molecule has 1 aromatic carbocycles. The lowest BCUT2D eigenvalue weighted by molar-refractivity contribution is 0.399. The number of methoxy groups -OCH3 is 1. The van der Waals surface area contributed by atoms with E-state index in [1.54, 1.807) is 23.1 Å². The summed E-state index contributed by atoms with van der Waals surface area (Å²) in [6, 6.07) is 7.34. The molecular weight excluding hydrogens is 373 g/mol. The van der Waals surface area contributed by atoms with Gasteiger partial charge in [-0.3, -0.25) is 4.68 Å². The highest BCUT2D eigenvalue weighted by Crippen LogP contribution is 2.25. The fourth-order valence-electron chi connectivity index (χ4n) is 2.91. The molecule has 0 fully saturated rings. The van der Waals surface area contributed by atoms with E-state index in [0.29, 0.717) is 17.1 Å². The Morgan fingerprint density at radius 1 is 1.22 bits per heavy atom. The van der Waals surface area contributed by atoms with Gasteiger partial charge in [0.05, 0.1) is 25.4 Å². The maximum atomic E-state index is 14.1. The number of rotatable bonds is 4. The molecule has 27 heavy (non-hydrogen) atoms. The van der Waals surface area contributed by atoms with E-state index >= 15 is 0 Å². The van der Waals surface area contributed by atoms with Crippen molar-refractivity contribution >= 4 is 32.0 Å². The van der Waals surface area contributed by atoms with Crippen molar-refractivity contribution in [3.8, 4) is 5.88 Å². The van der Waals surface area contributed by atoms with E-state index in [2.05, 4.69) is 15.1 Å². The standard InChI is InChI=1S/C17H14FN5O3S/c1-26-15-5-3-12-16-11(7-20-17(12)22-15)8-21-23(16)9-10-2-4-14(13(18)6-10)27(19,24)25/h2-8H,9H2,1H3,(H2,19,24,25). The number of hydrogen-bond acceptors (Lipinski definition) is 6. The first kappa shape index (κ1) is 17.3. The van der Waals surface area contributed by atoms with Crippen molar-refractivity contribution in [1.29, 1.82) is 0 Å². The molecule has 0 spiro atoms. The summed E-state index contributed by atoms with van der Waals surface area (Å²) in [4.78, 5) is 8.08. The summed E-state index contributed by atoms with van der Waals surface area (Å²) in [6.45, 7) is 0.233. The predicted molar refractivity (Wildman–Crippen MR) is 96.3 cm³/mol. The molecule has 4 rings (SSSR count). The minimum atomic E-state index is -4.11. The first-order valence-corrected chi connectivity index (χ1v) is 9.38. The largest absolute Gasteiger partial charge is 0.481 e. The smallest absolute Gasteiger partial charge is 0.240 e. The van der Waals surface area contributed by atoms with Gasteiger partial charge < -0.3 is 4.74 Å². The van der Waals surface area contributed by atoms with Crippen LogP contribution in [0, 0.1) is 5.82 Å². The van der Waals surface area contributed by atoms with Crippen LogP contribution in [0.15, 0.2) is 47.6 Å². The molecule has 8 nitrogen and oxygen atoms in total. The number of ether oxygens (including phenoxy) is 1.